The maximum Gasteiger partial charge on any atom is 0.196 e. The number of Topliss-reactive ketones (excluding diaryl/α,β-unsaturated/α-hetero) is 1. The normalized spacial score (nSPS) is 14.8. The van der Waals surface area contributed by atoms with Gasteiger partial charge in [-0.15, -0.1) is 0 Å². The summed E-state index contributed by atoms with van der Waals surface area (Å²) in [5.41, 5.74) is 1.96. The molecule has 1 aliphatic heterocycles. The molecular formula is C19H18O5. The van der Waals surface area contributed by atoms with E-state index >= 15 is 0 Å². The van der Waals surface area contributed by atoms with Gasteiger partial charge in [0.1, 0.15) is 18.1 Å². The lowest BCUT2D eigenvalue weighted by Gasteiger charge is -2.19. The van der Waals surface area contributed by atoms with Crippen LogP contribution < -0.4 is 18.9 Å². The summed E-state index contributed by atoms with van der Waals surface area (Å²) in [5, 5.41) is 0. The minimum absolute atomic E-state index is 0.0475. The van der Waals surface area contributed by atoms with Crippen molar-refractivity contribution in [1.82, 2.24) is 0 Å². The molecule has 0 saturated heterocycles. The standard InChI is InChI=1S/C19H18O5/c1-21-14-5-6-15-17(10-14)24-11-13(19(15)20)8-12-4-7-16(22-2)18(9-12)23-3/h4-10H,11H2,1-3H3/b13-8-. The Kier molecular flexibility index (Phi) is 4.42. The molecule has 0 aliphatic carbocycles. The molecule has 5 heteroatoms. The average molecular weight is 326 g/mol. The monoisotopic (exact) mass is 326 g/mol. The molecular weight excluding hydrogens is 308 g/mol. The van der Waals surface area contributed by atoms with Crippen molar-refractivity contribution < 1.29 is 23.7 Å². The fraction of sp³-hybridized carbons (Fsp3) is 0.211. The number of fused-ring (bicyclic) bond motifs is 1. The van der Waals surface area contributed by atoms with E-state index in [2.05, 4.69) is 0 Å². The van der Waals surface area contributed by atoms with Crippen molar-refractivity contribution in [1.29, 1.82) is 0 Å². The summed E-state index contributed by atoms with van der Waals surface area (Å²) >= 11 is 0. The number of benzene rings is 2. The van der Waals surface area contributed by atoms with Crippen molar-refractivity contribution in [3.8, 4) is 23.0 Å². The van der Waals surface area contributed by atoms with Crippen molar-refractivity contribution in [3.05, 3.63) is 53.1 Å². The third-order valence-electron chi connectivity index (χ3n) is 3.86. The second kappa shape index (κ2) is 6.66. The van der Waals surface area contributed by atoms with Gasteiger partial charge in [-0.05, 0) is 35.9 Å². The minimum atomic E-state index is -0.0475. The van der Waals surface area contributed by atoms with Gasteiger partial charge in [0.2, 0.25) is 0 Å². The highest BCUT2D eigenvalue weighted by molar-refractivity contribution is 6.14. The van der Waals surface area contributed by atoms with Crippen LogP contribution in [0.1, 0.15) is 15.9 Å². The lowest BCUT2D eigenvalue weighted by molar-refractivity contribution is 0.100. The third kappa shape index (κ3) is 2.93. The number of hydrogen-bond acceptors (Lipinski definition) is 5. The van der Waals surface area contributed by atoms with E-state index in [-0.39, 0.29) is 12.4 Å². The molecule has 5 nitrogen and oxygen atoms in total. The predicted molar refractivity (Wildman–Crippen MR) is 90.3 cm³/mol. The molecule has 124 valence electrons. The van der Waals surface area contributed by atoms with Gasteiger partial charge < -0.3 is 18.9 Å². The molecule has 0 N–H and O–H groups in total. The second-order valence-electron chi connectivity index (χ2n) is 5.26. The third-order valence-corrected chi connectivity index (χ3v) is 3.86. The summed E-state index contributed by atoms with van der Waals surface area (Å²) in [6.45, 7) is 0.216. The van der Waals surface area contributed by atoms with Gasteiger partial charge >= 0.3 is 0 Å². The predicted octanol–water partition coefficient (Wildman–Crippen LogP) is 3.37. The Balaban J connectivity index is 1.93. The smallest absolute Gasteiger partial charge is 0.196 e. The topological polar surface area (TPSA) is 54.0 Å². The lowest BCUT2D eigenvalue weighted by atomic mass is 9.98. The zero-order chi connectivity index (χ0) is 17.1. The molecule has 0 bridgehead atoms. The Bertz CT molecular complexity index is 807. The van der Waals surface area contributed by atoms with E-state index in [4.69, 9.17) is 18.9 Å². The maximum absolute atomic E-state index is 12.7. The molecule has 0 amide bonds. The molecule has 0 atom stereocenters. The van der Waals surface area contributed by atoms with Crippen LogP contribution >= 0.6 is 0 Å². The average Bonchev–Trinajstić information content (AvgIpc) is 2.63. The Morgan fingerprint density at radius 2 is 1.75 bits per heavy atom. The van der Waals surface area contributed by atoms with Crippen LogP contribution in [0.15, 0.2) is 42.0 Å². The number of methoxy groups -OCH3 is 3. The second-order valence-corrected chi connectivity index (χ2v) is 5.26. The molecule has 24 heavy (non-hydrogen) atoms. The maximum atomic E-state index is 12.7. The highest BCUT2D eigenvalue weighted by atomic mass is 16.5. The van der Waals surface area contributed by atoms with E-state index in [9.17, 15) is 4.79 Å². The van der Waals surface area contributed by atoms with Crippen LogP contribution in [0.2, 0.25) is 0 Å². The minimum Gasteiger partial charge on any atom is -0.497 e. The van der Waals surface area contributed by atoms with Gasteiger partial charge in [0.25, 0.3) is 0 Å². The summed E-state index contributed by atoms with van der Waals surface area (Å²) in [7, 11) is 4.74. The van der Waals surface area contributed by atoms with E-state index in [0.29, 0.717) is 34.1 Å². The van der Waals surface area contributed by atoms with E-state index < -0.39 is 0 Å². The number of rotatable bonds is 4. The summed E-state index contributed by atoms with van der Waals surface area (Å²) < 4.78 is 21.4. The summed E-state index contributed by atoms with van der Waals surface area (Å²) in [4.78, 5) is 12.7. The zero-order valence-corrected chi connectivity index (χ0v) is 13.8. The number of ketones is 1. The van der Waals surface area contributed by atoms with Crippen LogP contribution in [0.25, 0.3) is 6.08 Å². The van der Waals surface area contributed by atoms with Crippen LogP contribution in [0.4, 0.5) is 0 Å². The number of ether oxygens (including phenoxy) is 4. The van der Waals surface area contributed by atoms with Crippen LogP contribution in [-0.2, 0) is 0 Å². The Morgan fingerprint density at radius 3 is 2.46 bits per heavy atom. The molecule has 0 radical (unpaired) electrons. The first-order valence-electron chi connectivity index (χ1n) is 7.44. The van der Waals surface area contributed by atoms with E-state index in [1.54, 1.807) is 51.7 Å². The Labute approximate surface area is 140 Å². The molecule has 0 saturated carbocycles. The van der Waals surface area contributed by atoms with Crippen molar-refractivity contribution in [2.75, 3.05) is 27.9 Å². The van der Waals surface area contributed by atoms with Crippen LogP contribution in [-0.4, -0.2) is 33.7 Å². The van der Waals surface area contributed by atoms with Crippen molar-refractivity contribution in [2.24, 2.45) is 0 Å². The van der Waals surface area contributed by atoms with Crippen LogP contribution in [0, 0.1) is 0 Å². The number of carbonyl (C=O) groups is 1. The van der Waals surface area contributed by atoms with Gasteiger partial charge in [-0.2, -0.15) is 0 Å². The largest absolute Gasteiger partial charge is 0.497 e. The van der Waals surface area contributed by atoms with Gasteiger partial charge in [-0.1, -0.05) is 6.07 Å². The highest BCUT2D eigenvalue weighted by Crippen LogP contribution is 2.33. The van der Waals surface area contributed by atoms with Crippen LogP contribution in [0.5, 0.6) is 23.0 Å². The molecule has 0 fully saturated rings. The fourth-order valence-corrected chi connectivity index (χ4v) is 2.58. The van der Waals surface area contributed by atoms with E-state index in [0.717, 1.165) is 5.56 Å². The first-order valence-corrected chi connectivity index (χ1v) is 7.44. The van der Waals surface area contributed by atoms with Gasteiger partial charge in [-0.25, -0.2) is 0 Å². The number of hydrogen-bond donors (Lipinski definition) is 0. The SMILES string of the molecule is COc1ccc2c(c1)OC/C(=C/c1ccc(OC)c(OC)c1)C2=O. The molecule has 3 rings (SSSR count). The fourth-order valence-electron chi connectivity index (χ4n) is 2.58. The van der Waals surface area contributed by atoms with Crippen molar-refractivity contribution in [3.63, 3.8) is 0 Å². The Morgan fingerprint density at radius 1 is 0.958 bits per heavy atom. The van der Waals surface area contributed by atoms with E-state index in [1.165, 1.54) is 0 Å². The van der Waals surface area contributed by atoms with Gasteiger partial charge in [0.15, 0.2) is 17.3 Å². The highest BCUT2D eigenvalue weighted by Gasteiger charge is 2.23. The first kappa shape index (κ1) is 15.9. The molecule has 0 spiro atoms. The quantitative estimate of drug-likeness (QED) is 0.806. The molecule has 0 aromatic heterocycles. The Hall–Kier alpha value is -2.95. The molecule has 1 aliphatic rings. The molecule has 0 unspecified atom stereocenters. The molecule has 1 heterocycles. The molecule has 2 aromatic rings. The lowest BCUT2D eigenvalue weighted by Crippen LogP contribution is -2.19. The summed E-state index contributed by atoms with van der Waals surface area (Å²) in [6, 6.07) is 10.7. The van der Waals surface area contributed by atoms with Crippen molar-refractivity contribution >= 4 is 11.9 Å². The summed E-state index contributed by atoms with van der Waals surface area (Å²) in [6.07, 6.45) is 1.80. The van der Waals surface area contributed by atoms with Gasteiger partial charge in [0.05, 0.1) is 26.9 Å². The van der Waals surface area contributed by atoms with Crippen LogP contribution in [0.3, 0.4) is 0 Å². The summed E-state index contributed by atoms with van der Waals surface area (Å²) in [5.74, 6) is 2.41. The van der Waals surface area contributed by atoms with Gasteiger partial charge in [0, 0.05) is 11.6 Å². The molecule has 2 aromatic carbocycles. The van der Waals surface area contributed by atoms with Crippen molar-refractivity contribution in [2.45, 2.75) is 0 Å². The zero-order valence-electron chi connectivity index (χ0n) is 13.8. The van der Waals surface area contributed by atoms with Gasteiger partial charge in [-0.3, -0.25) is 4.79 Å². The first-order chi connectivity index (χ1) is 11.7. The van der Waals surface area contributed by atoms with E-state index in [1.807, 2.05) is 12.1 Å². The number of carbonyl (C=O) groups excluding carboxylic acids is 1.